The Balaban J connectivity index is 2.56. The van der Waals surface area contributed by atoms with Gasteiger partial charge in [0.2, 0.25) is 0 Å². The third-order valence-corrected chi connectivity index (χ3v) is 2.05. The molecule has 1 N–H and O–H groups in total. The van der Waals surface area contributed by atoms with Crippen molar-refractivity contribution in [2.75, 3.05) is 13.7 Å². The van der Waals surface area contributed by atoms with Crippen molar-refractivity contribution in [3.8, 4) is 0 Å². The van der Waals surface area contributed by atoms with Gasteiger partial charge in [-0.1, -0.05) is 0 Å². The summed E-state index contributed by atoms with van der Waals surface area (Å²) in [6.07, 6.45) is 0.0540. The molecule has 4 heteroatoms. The van der Waals surface area contributed by atoms with E-state index in [0.717, 1.165) is 6.07 Å². The van der Waals surface area contributed by atoms with E-state index in [1.165, 1.54) is 19.2 Å². The molecule has 0 aliphatic carbocycles. The summed E-state index contributed by atoms with van der Waals surface area (Å²) in [7, 11) is 1.54. The Bertz CT molecular complexity index is 295. The molecule has 2 nitrogen and oxygen atoms in total. The summed E-state index contributed by atoms with van der Waals surface area (Å²) in [6, 6.07) is 3.25. The number of methoxy groups -OCH3 is 1. The van der Waals surface area contributed by atoms with Crippen molar-refractivity contribution in [1.29, 1.82) is 0 Å². The zero-order chi connectivity index (χ0) is 11.3. The van der Waals surface area contributed by atoms with Crippen LogP contribution < -0.4 is 0 Å². The van der Waals surface area contributed by atoms with E-state index < -0.39 is 17.7 Å². The number of aliphatic hydroxyl groups excluding tert-OH is 1. The van der Waals surface area contributed by atoms with Crippen LogP contribution in [0.4, 0.5) is 8.78 Å². The van der Waals surface area contributed by atoms with Crippen LogP contribution in [-0.2, 0) is 11.2 Å². The van der Waals surface area contributed by atoms with E-state index in [4.69, 9.17) is 4.74 Å². The molecule has 1 aromatic carbocycles. The van der Waals surface area contributed by atoms with Crippen LogP contribution in [0.2, 0.25) is 0 Å². The van der Waals surface area contributed by atoms with Crippen LogP contribution in [0, 0.1) is 11.6 Å². The second kappa shape index (κ2) is 5.78. The Labute approximate surface area is 87.5 Å². The summed E-state index contributed by atoms with van der Waals surface area (Å²) in [4.78, 5) is 0. The molecule has 1 atom stereocenters. The molecule has 1 unspecified atom stereocenters. The minimum Gasteiger partial charge on any atom is -0.393 e. The Morgan fingerprint density at radius 3 is 2.40 bits per heavy atom. The topological polar surface area (TPSA) is 29.5 Å². The predicted molar refractivity (Wildman–Crippen MR) is 52.6 cm³/mol. The molecular formula is C11H14F2O2. The summed E-state index contributed by atoms with van der Waals surface area (Å²) in [5, 5.41) is 9.49. The zero-order valence-electron chi connectivity index (χ0n) is 8.54. The lowest BCUT2D eigenvalue weighted by Gasteiger charge is -2.09. The highest BCUT2D eigenvalue weighted by Gasteiger charge is 2.07. The van der Waals surface area contributed by atoms with Crippen molar-refractivity contribution in [1.82, 2.24) is 0 Å². The molecule has 0 saturated heterocycles. The molecule has 0 fully saturated rings. The summed E-state index contributed by atoms with van der Waals surface area (Å²) < 4.78 is 30.4. The maximum atomic E-state index is 12.8. The fourth-order valence-electron chi connectivity index (χ4n) is 1.36. The highest BCUT2D eigenvalue weighted by molar-refractivity contribution is 5.18. The van der Waals surface area contributed by atoms with Gasteiger partial charge in [-0.15, -0.1) is 0 Å². The molecular weight excluding hydrogens is 202 g/mol. The number of rotatable bonds is 5. The van der Waals surface area contributed by atoms with E-state index >= 15 is 0 Å². The lowest BCUT2D eigenvalue weighted by Crippen LogP contribution is -2.13. The highest BCUT2D eigenvalue weighted by atomic mass is 19.1. The standard InChI is InChI=1S/C11H14F2O2/c1-15-3-2-11(14)6-8-4-9(12)7-10(13)5-8/h4-5,7,11,14H,2-3,6H2,1H3. The Morgan fingerprint density at radius 1 is 1.27 bits per heavy atom. The monoisotopic (exact) mass is 216 g/mol. The van der Waals surface area contributed by atoms with Gasteiger partial charge in [-0.25, -0.2) is 8.78 Å². The zero-order valence-corrected chi connectivity index (χ0v) is 8.54. The van der Waals surface area contributed by atoms with Crippen LogP contribution in [0.1, 0.15) is 12.0 Å². The summed E-state index contributed by atoms with van der Waals surface area (Å²) >= 11 is 0. The minimum absolute atomic E-state index is 0.234. The molecule has 0 aliphatic heterocycles. The molecule has 0 bridgehead atoms. The number of hydrogen-bond acceptors (Lipinski definition) is 2. The third kappa shape index (κ3) is 4.36. The fourth-order valence-corrected chi connectivity index (χ4v) is 1.36. The molecule has 0 spiro atoms. The van der Waals surface area contributed by atoms with Gasteiger partial charge in [0.25, 0.3) is 0 Å². The molecule has 1 rings (SSSR count). The summed E-state index contributed by atoms with van der Waals surface area (Å²) in [5.74, 6) is -1.24. The summed E-state index contributed by atoms with van der Waals surface area (Å²) in [5.41, 5.74) is 0.455. The first-order chi connectivity index (χ1) is 7.11. The fraction of sp³-hybridized carbons (Fsp3) is 0.455. The molecule has 0 aromatic heterocycles. The quantitative estimate of drug-likeness (QED) is 0.814. The molecule has 0 radical (unpaired) electrons. The van der Waals surface area contributed by atoms with Gasteiger partial charge in [0, 0.05) is 19.8 Å². The molecule has 0 amide bonds. The van der Waals surface area contributed by atoms with Crippen molar-refractivity contribution in [3.63, 3.8) is 0 Å². The van der Waals surface area contributed by atoms with E-state index in [1.807, 2.05) is 0 Å². The SMILES string of the molecule is COCCC(O)Cc1cc(F)cc(F)c1. The Hall–Kier alpha value is -1.00. The molecule has 0 heterocycles. The van der Waals surface area contributed by atoms with Crippen LogP contribution in [0.15, 0.2) is 18.2 Å². The second-order valence-corrected chi connectivity index (χ2v) is 3.42. The smallest absolute Gasteiger partial charge is 0.126 e. The van der Waals surface area contributed by atoms with E-state index in [0.29, 0.717) is 18.6 Å². The van der Waals surface area contributed by atoms with Crippen LogP contribution in [0.25, 0.3) is 0 Å². The number of ether oxygens (including phenoxy) is 1. The van der Waals surface area contributed by atoms with Crippen molar-refractivity contribution in [2.45, 2.75) is 18.9 Å². The van der Waals surface area contributed by atoms with Crippen molar-refractivity contribution < 1.29 is 18.6 Å². The third-order valence-electron chi connectivity index (χ3n) is 2.05. The predicted octanol–water partition coefficient (Wildman–Crippen LogP) is 1.90. The number of aliphatic hydroxyl groups is 1. The number of benzene rings is 1. The lowest BCUT2D eigenvalue weighted by atomic mass is 10.1. The van der Waals surface area contributed by atoms with E-state index in [2.05, 4.69) is 0 Å². The Morgan fingerprint density at radius 2 is 1.87 bits per heavy atom. The van der Waals surface area contributed by atoms with Crippen molar-refractivity contribution in [2.24, 2.45) is 0 Å². The normalized spacial score (nSPS) is 12.8. The lowest BCUT2D eigenvalue weighted by molar-refractivity contribution is 0.110. The maximum absolute atomic E-state index is 12.8. The maximum Gasteiger partial charge on any atom is 0.126 e. The van der Waals surface area contributed by atoms with E-state index in [9.17, 15) is 13.9 Å². The van der Waals surface area contributed by atoms with E-state index in [-0.39, 0.29) is 6.42 Å². The molecule has 84 valence electrons. The first kappa shape index (κ1) is 12.1. The molecule has 0 aliphatic rings. The van der Waals surface area contributed by atoms with Gasteiger partial charge < -0.3 is 9.84 Å². The van der Waals surface area contributed by atoms with Gasteiger partial charge in [-0.3, -0.25) is 0 Å². The second-order valence-electron chi connectivity index (χ2n) is 3.42. The van der Waals surface area contributed by atoms with Crippen LogP contribution in [0.5, 0.6) is 0 Å². The van der Waals surface area contributed by atoms with Crippen LogP contribution >= 0.6 is 0 Å². The van der Waals surface area contributed by atoms with Gasteiger partial charge in [-0.05, 0) is 30.5 Å². The van der Waals surface area contributed by atoms with Gasteiger partial charge in [0.1, 0.15) is 11.6 Å². The van der Waals surface area contributed by atoms with Crippen LogP contribution in [0.3, 0.4) is 0 Å². The van der Waals surface area contributed by atoms with Crippen LogP contribution in [-0.4, -0.2) is 24.9 Å². The minimum atomic E-state index is -0.633. The molecule has 15 heavy (non-hydrogen) atoms. The van der Waals surface area contributed by atoms with Crippen molar-refractivity contribution in [3.05, 3.63) is 35.4 Å². The largest absolute Gasteiger partial charge is 0.393 e. The average molecular weight is 216 g/mol. The first-order valence-corrected chi connectivity index (χ1v) is 4.74. The molecule has 0 saturated carbocycles. The van der Waals surface area contributed by atoms with Gasteiger partial charge >= 0.3 is 0 Å². The van der Waals surface area contributed by atoms with Gasteiger partial charge in [0.05, 0.1) is 6.10 Å². The number of hydrogen-bond donors (Lipinski definition) is 1. The van der Waals surface area contributed by atoms with E-state index in [1.54, 1.807) is 0 Å². The first-order valence-electron chi connectivity index (χ1n) is 4.74. The van der Waals surface area contributed by atoms with Gasteiger partial charge in [0.15, 0.2) is 0 Å². The van der Waals surface area contributed by atoms with Gasteiger partial charge in [-0.2, -0.15) is 0 Å². The summed E-state index contributed by atoms with van der Waals surface area (Å²) in [6.45, 7) is 0.430. The molecule has 1 aromatic rings. The van der Waals surface area contributed by atoms with Crippen molar-refractivity contribution >= 4 is 0 Å². The number of halogens is 2. The highest BCUT2D eigenvalue weighted by Crippen LogP contribution is 2.11. The average Bonchev–Trinajstić information content (AvgIpc) is 2.13. The Kier molecular flexibility index (Phi) is 4.65.